The van der Waals surface area contributed by atoms with Crippen molar-refractivity contribution in [1.29, 1.82) is 0 Å². The third-order valence-electron chi connectivity index (χ3n) is 2.03. The van der Waals surface area contributed by atoms with Crippen molar-refractivity contribution in [3.05, 3.63) is 18.0 Å². The second-order valence-electron chi connectivity index (χ2n) is 3.29. The molecule has 16 heavy (non-hydrogen) atoms. The van der Waals surface area contributed by atoms with Gasteiger partial charge >= 0.3 is 0 Å². The summed E-state index contributed by atoms with van der Waals surface area (Å²) in [6.07, 6.45) is 2.41. The number of aryl methyl sites for hydroxylation is 1. The van der Waals surface area contributed by atoms with Gasteiger partial charge in [0.25, 0.3) is 5.91 Å². The predicted octanol–water partition coefficient (Wildman–Crippen LogP) is 0.266. The molecular weight excluding hydrogens is 226 g/mol. The van der Waals surface area contributed by atoms with Crippen LogP contribution in [0.3, 0.4) is 0 Å². The van der Waals surface area contributed by atoms with E-state index in [1.807, 2.05) is 0 Å². The van der Waals surface area contributed by atoms with Crippen LogP contribution in [-0.2, 0) is 7.05 Å². The Labute approximate surface area is 99.2 Å². The fraction of sp³-hybridized carbons (Fsp3) is 0.600. The minimum Gasteiger partial charge on any atom is -0.396 e. The van der Waals surface area contributed by atoms with Gasteiger partial charge in [-0.25, -0.2) is 0 Å². The molecule has 5 nitrogen and oxygen atoms in total. The maximum atomic E-state index is 11.6. The maximum absolute atomic E-state index is 11.6. The highest BCUT2D eigenvalue weighted by molar-refractivity contribution is 7.99. The number of carbonyl (C=O) groups is 1. The highest BCUT2D eigenvalue weighted by Gasteiger charge is 2.07. The zero-order chi connectivity index (χ0) is 11.8. The first-order valence-corrected chi connectivity index (χ1v) is 6.36. The molecule has 0 unspecified atom stereocenters. The van der Waals surface area contributed by atoms with E-state index in [0.29, 0.717) is 12.2 Å². The summed E-state index contributed by atoms with van der Waals surface area (Å²) in [4.78, 5) is 11.6. The molecule has 0 atom stereocenters. The quantitative estimate of drug-likeness (QED) is 0.674. The molecule has 0 aliphatic carbocycles. The van der Waals surface area contributed by atoms with Crippen molar-refractivity contribution in [2.24, 2.45) is 7.05 Å². The van der Waals surface area contributed by atoms with E-state index in [1.54, 1.807) is 35.8 Å². The molecule has 0 spiro atoms. The fourth-order valence-electron chi connectivity index (χ4n) is 1.19. The van der Waals surface area contributed by atoms with Crippen LogP contribution in [0.2, 0.25) is 0 Å². The van der Waals surface area contributed by atoms with Crippen LogP contribution >= 0.6 is 11.8 Å². The summed E-state index contributed by atoms with van der Waals surface area (Å²) in [7, 11) is 1.74. The van der Waals surface area contributed by atoms with Crippen LogP contribution < -0.4 is 5.32 Å². The van der Waals surface area contributed by atoms with Gasteiger partial charge in [-0.3, -0.25) is 9.48 Å². The van der Waals surface area contributed by atoms with E-state index >= 15 is 0 Å². The number of aliphatic hydroxyl groups is 1. The van der Waals surface area contributed by atoms with Crippen molar-refractivity contribution >= 4 is 17.7 Å². The van der Waals surface area contributed by atoms with E-state index in [1.165, 1.54) is 0 Å². The van der Waals surface area contributed by atoms with Crippen LogP contribution in [0.4, 0.5) is 0 Å². The Bertz CT molecular complexity index is 328. The lowest BCUT2D eigenvalue weighted by atomic mass is 10.4. The van der Waals surface area contributed by atoms with E-state index in [9.17, 15) is 4.79 Å². The van der Waals surface area contributed by atoms with Crippen molar-refractivity contribution in [1.82, 2.24) is 15.1 Å². The molecule has 1 aromatic heterocycles. The van der Waals surface area contributed by atoms with Crippen LogP contribution in [0.5, 0.6) is 0 Å². The number of thioether (sulfide) groups is 1. The summed E-state index contributed by atoms with van der Waals surface area (Å²) in [5.74, 6) is 1.70. The SMILES string of the molecule is Cn1nccc1C(=O)NCCSCCCO. The van der Waals surface area contributed by atoms with E-state index in [4.69, 9.17) is 5.11 Å². The molecule has 0 aromatic carbocycles. The molecule has 0 radical (unpaired) electrons. The lowest BCUT2D eigenvalue weighted by Crippen LogP contribution is -2.27. The largest absolute Gasteiger partial charge is 0.396 e. The highest BCUT2D eigenvalue weighted by Crippen LogP contribution is 2.01. The Kier molecular flexibility index (Phi) is 5.95. The molecule has 6 heteroatoms. The van der Waals surface area contributed by atoms with Crippen molar-refractivity contribution in [3.8, 4) is 0 Å². The topological polar surface area (TPSA) is 67.2 Å². The van der Waals surface area contributed by atoms with Crippen molar-refractivity contribution in [2.45, 2.75) is 6.42 Å². The van der Waals surface area contributed by atoms with E-state index in [0.717, 1.165) is 17.9 Å². The molecule has 1 heterocycles. The minimum atomic E-state index is -0.0947. The van der Waals surface area contributed by atoms with Gasteiger partial charge < -0.3 is 10.4 Å². The Balaban J connectivity index is 2.14. The standard InChI is InChI=1S/C10H17N3O2S/c1-13-9(3-4-12-13)10(15)11-5-8-16-7-2-6-14/h3-4,14H,2,5-8H2,1H3,(H,11,15). The maximum Gasteiger partial charge on any atom is 0.269 e. The average molecular weight is 243 g/mol. The molecule has 0 aliphatic rings. The number of nitrogens with zero attached hydrogens (tertiary/aromatic N) is 2. The van der Waals surface area contributed by atoms with Crippen LogP contribution in [-0.4, -0.2) is 45.5 Å². The normalized spacial score (nSPS) is 10.4. The van der Waals surface area contributed by atoms with Gasteiger partial charge in [-0.15, -0.1) is 0 Å². The summed E-state index contributed by atoms with van der Waals surface area (Å²) in [6.45, 7) is 0.870. The number of aliphatic hydroxyl groups excluding tert-OH is 1. The molecule has 1 amide bonds. The number of aromatic nitrogens is 2. The second kappa shape index (κ2) is 7.29. The van der Waals surface area contributed by atoms with Gasteiger partial charge in [-0.1, -0.05) is 0 Å². The van der Waals surface area contributed by atoms with Crippen LogP contribution in [0.25, 0.3) is 0 Å². The number of nitrogens with one attached hydrogen (secondary N) is 1. The van der Waals surface area contributed by atoms with Gasteiger partial charge in [0, 0.05) is 32.1 Å². The first-order valence-electron chi connectivity index (χ1n) is 5.20. The van der Waals surface area contributed by atoms with Gasteiger partial charge in [-0.05, 0) is 18.2 Å². The summed E-state index contributed by atoms with van der Waals surface area (Å²) in [6, 6.07) is 1.69. The summed E-state index contributed by atoms with van der Waals surface area (Å²) in [5.41, 5.74) is 0.570. The molecule has 0 aliphatic heterocycles. The van der Waals surface area contributed by atoms with Gasteiger partial charge in [0.1, 0.15) is 5.69 Å². The van der Waals surface area contributed by atoms with Gasteiger partial charge in [0.05, 0.1) is 0 Å². The van der Waals surface area contributed by atoms with Crippen LogP contribution in [0, 0.1) is 0 Å². The summed E-state index contributed by atoms with van der Waals surface area (Å²) in [5, 5.41) is 15.3. The molecule has 1 rings (SSSR count). The van der Waals surface area contributed by atoms with Crippen molar-refractivity contribution < 1.29 is 9.90 Å². The molecule has 0 saturated carbocycles. The lowest BCUT2D eigenvalue weighted by Gasteiger charge is -2.04. The Morgan fingerprint density at radius 2 is 2.44 bits per heavy atom. The molecule has 2 N–H and O–H groups in total. The second-order valence-corrected chi connectivity index (χ2v) is 4.51. The fourth-order valence-corrected chi connectivity index (χ4v) is 1.98. The highest BCUT2D eigenvalue weighted by atomic mass is 32.2. The Morgan fingerprint density at radius 1 is 1.62 bits per heavy atom. The first kappa shape index (κ1) is 13.1. The third kappa shape index (κ3) is 4.24. The first-order chi connectivity index (χ1) is 7.75. The average Bonchev–Trinajstić information content (AvgIpc) is 2.69. The summed E-state index contributed by atoms with van der Waals surface area (Å²) >= 11 is 1.72. The predicted molar refractivity (Wildman–Crippen MR) is 64.6 cm³/mol. The van der Waals surface area contributed by atoms with Gasteiger partial charge in [0.15, 0.2) is 0 Å². The number of amides is 1. The van der Waals surface area contributed by atoms with E-state index in [-0.39, 0.29) is 12.5 Å². The van der Waals surface area contributed by atoms with Crippen LogP contribution in [0.15, 0.2) is 12.3 Å². The number of carbonyl (C=O) groups excluding carboxylic acids is 1. The zero-order valence-electron chi connectivity index (χ0n) is 9.35. The number of hydrogen-bond acceptors (Lipinski definition) is 4. The van der Waals surface area contributed by atoms with Gasteiger partial charge in [0.2, 0.25) is 0 Å². The molecule has 0 saturated heterocycles. The minimum absolute atomic E-state index is 0.0947. The molecule has 1 aromatic rings. The number of hydrogen-bond donors (Lipinski definition) is 2. The third-order valence-corrected chi connectivity index (χ3v) is 3.10. The van der Waals surface area contributed by atoms with Crippen molar-refractivity contribution in [3.63, 3.8) is 0 Å². The summed E-state index contributed by atoms with van der Waals surface area (Å²) < 4.78 is 1.55. The molecule has 90 valence electrons. The monoisotopic (exact) mass is 243 g/mol. The van der Waals surface area contributed by atoms with Crippen molar-refractivity contribution in [2.75, 3.05) is 24.7 Å². The Morgan fingerprint density at radius 3 is 3.06 bits per heavy atom. The smallest absolute Gasteiger partial charge is 0.269 e. The number of rotatable bonds is 7. The van der Waals surface area contributed by atoms with Gasteiger partial charge in [-0.2, -0.15) is 16.9 Å². The molecule has 0 bridgehead atoms. The van der Waals surface area contributed by atoms with E-state index in [2.05, 4.69) is 10.4 Å². The molecular formula is C10H17N3O2S. The lowest BCUT2D eigenvalue weighted by molar-refractivity contribution is 0.0947. The molecule has 0 fully saturated rings. The Hall–Kier alpha value is -1.01. The van der Waals surface area contributed by atoms with E-state index < -0.39 is 0 Å². The van der Waals surface area contributed by atoms with Crippen LogP contribution in [0.1, 0.15) is 16.9 Å². The zero-order valence-corrected chi connectivity index (χ0v) is 10.2.